The number of anilines is 1. The highest BCUT2D eigenvalue weighted by Crippen LogP contribution is 2.27. The minimum absolute atomic E-state index is 0.0764. The maximum atomic E-state index is 12.2. The van der Waals surface area contributed by atoms with Crippen molar-refractivity contribution in [2.75, 3.05) is 32.6 Å². The Bertz CT molecular complexity index is 590. The standard InChI is InChI=1S/C17H26ClN3O3/c1-6-17(2,3)20-16(23)11-21(4)10-15(22)19-13-9-12(18)7-8-14(13)24-5/h7-9H,6,10-11H2,1-5H3,(H,19,22)(H,20,23)/p+1. The minimum Gasteiger partial charge on any atom is -0.495 e. The number of carbonyl (C=O) groups is 2. The highest BCUT2D eigenvalue weighted by atomic mass is 35.5. The van der Waals surface area contributed by atoms with E-state index in [-0.39, 0.29) is 30.4 Å². The van der Waals surface area contributed by atoms with Gasteiger partial charge in [0.2, 0.25) is 0 Å². The zero-order valence-electron chi connectivity index (χ0n) is 15.0. The number of rotatable bonds is 8. The van der Waals surface area contributed by atoms with Gasteiger partial charge in [-0.05, 0) is 38.5 Å². The number of nitrogens with one attached hydrogen (secondary N) is 3. The second kappa shape index (κ2) is 8.89. The van der Waals surface area contributed by atoms with Crippen molar-refractivity contribution in [2.45, 2.75) is 32.7 Å². The van der Waals surface area contributed by atoms with Crippen molar-refractivity contribution in [1.29, 1.82) is 0 Å². The number of likely N-dealkylation sites (N-methyl/N-ethyl adjacent to an activating group) is 1. The SMILES string of the molecule is CCC(C)(C)NC(=O)C[NH+](C)CC(=O)Nc1cc(Cl)ccc1OC. The molecule has 134 valence electrons. The molecule has 1 rings (SSSR count). The molecule has 0 aliphatic heterocycles. The molecule has 0 spiro atoms. The Kier molecular flexibility index (Phi) is 7.51. The molecule has 0 aromatic heterocycles. The minimum atomic E-state index is -0.242. The van der Waals surface area contributed by atoms with Gasteiger partial charge in [-0.15, -0.1) is 0 Å². The predicted molar refractivity (Wildman–Crippen MR) is 95.8 cm³/mol. The first-order valence-corrected chi connectivity index (χ1v) is 8.30. The third kappa shape index (κ3) is 6.76. The molecule has 24 heavy (non-hydrogen) atoms. The molecule has 2 amide bonds. The van der Waals surface area contributed by atoms with Crippen LogP contribution >= 0.6 is 11.6 Å². The number of methoxy groups -OCH3 is 1. The molecule has 0 bridgehead atoms. The van der Waals surface area contributed by atoms with Crippen molar-refractivity contribution in [1.82, 2.24) is 5.32 Å². The summed E-state index contributed by atoms with van der Waals surface area (Å²) in [5, 5.41) is 6.23. The van der Waals surface area contributed by atoms with Gasteiger partial charge in [-0.1, -0.05) is 18.5 Å². The number of ether oxygens (including phenoxy) is 1. The molecule has 7 heteroatoms. The molecule has 3 N–H and O–H groups in total. The van der Waals surface area contributed by atoms with Crippen molar-refractivity contribution in [3.8, 4) is 5.75 Å². The van der Waals surface area contributed by atoms with Gasteiger partial charge in [-0.2, -0.15) is 0 Å². The molecule has 0 saturated heterocycles. The molecule has 0 fully saturated rings. The predicted octanol–water partition coefficient (Wildman–Crippen LogP) is 1.11. The fourth-order valence-electron chi connectivity index (χ4n) is 2.09. The van der Waals surface area contributed by atoms with Crippen LogP contribution in [0.25, 0.3) is 0 Å². The average Bonchev–Trinajstić information content (AvgIpc) is 2.46. The van der Waals surface area contributed by atoms with Gasteiger partial charge in [0.15, 0.2) is 13.1 Å². The van der Waals surface area contributed by atoms with Crippen molar-refractivity contribution in [3.05, 3.63) is 23.2 Å². The molecule has 6 nitrogen and oxygen atoms in total. The lowest BCUT2D eigenvalue weighted by atomic mass is 10.0. The van der Waals surface area contributed by atoms with E-state index >= 15 is 0 Å². The number of carbonyl (C=O) groups excluding carboxylic acids is 2. The summed E-state index contributed by atoms with van der Waals surface area (Å²) in [4.78, 5) is 25.0. The Labute approximate surface area is 148 Å². The Hall–Kier alpha value is -1.79. The van der Waals surface area contributed by atoms with Crippen LogP contribution in [-0.2, 0) is 9.59 Å². The first kappa shape index (κ1) is 20.3. The van der Waals surface area contributed by atoms with Crippen LogP contribution in [0.3, 0.4) is 0 Å². The van der Waals surface area contributed by atoms with Gasteiger partial charge in [0.05, 0.1) is 19.8 Å². The third-order valence-electron chi connectivity index (χ3n) is 3.72. The van der Waals surface area contributed by atoms with Crippen LogP contribution in [0.1, 0.15) is 27.2 Å². The van der Waals surface area contributed by atoms with E-state index in [2.05, 4.69) is 10.6 Å². The third-order valence-corrected chi connectivity index (χ3v) is 3.96. The van der Waals surface area contributed by atoms with E-state index in [9.17, 15) is 9.59 Å². The van der Waals surface area contributed by atoms with E-state index in [4.69, 9.17) is 16.3 Å². The van der Waals surface area contributed by atoms with E-state index in [1.54, 1.807) is 25.2 Å². The van der Waals surface area contributed by atoms with Crippen molar-refractivity contribution < 1.29 is 19.2 Å². The van der Waals surface area contributed by atoms with Crippen LogP contribution in [0.2, 0.25) is 5.02 Å². The summed E-state index contributed by atoms with van der Waals surface area (Å²) in [7, 11) is 3.32. The quantitative estimate of drug-likeness (QED) is 0.653. The summed E-state index contributed by atoms with van der Waals surface area (Å²) in [6, 6.07) is 5.01. The van der Waals surface area contributed by atoms with Crippen molar-refractivity contribution >= 4 is 29.1 Å². The number of halogens is 1. The van der Waals surface area contributed by atoms with E-state index in [1.807, 2.05) is 20.8 Å². The number of amides is 2. The first-order valence-electron chi connectivity index (χ1n) is 7.92. The fraction of sp³-hybridized carbons (Fsp3) is 0.529. The first-order chi connectivity index (χ1) is 11.2. The normalized spacial score (nSPS) is 12.4. The molecule has 0 radical (unpaired) electrons. The lowest BCUT2D eigenvalue weighted by Gasteiger charge is -2.25. The highest BCUT2D eigenvalue weighted by Gasteiger charge is 2.21. The lowest BCUT2D eigenvalue weighted by Crippen LogP contribution is -3.11. The molecule has 0 aliphatic rings. The van der Waals surface area contributed by atoms with Gasteiger partial charge < -0.3 is 20.3 Å². The van der Waals surface area contributed by atoms with E-state index in [0.29, 0.717) is 16.5 Å². The summed E-state index contributed by atoms with van der Waals surface area (Å²) in [5.41, 5.74) is 0.271. The molecular weight excluding hydrogens is 330 g/mol. The molecule has 0 heterocycles. The number of hydrogen-bond donors (Lipinski definition) is 3. The van der Waals surface area contributed by atoms with E-state index < -0.39 is 0 Å². The number of quaternary nitrogens is 1. The summed E-state index contributed by atoms with van der Waals surface area (Å²) in [5.74, 6) is 0.246. The molecule has 1 atom stereocenters. The lowest BCUT2D eigenvalue weighted by molar-refractivity contribution is -0.862. The van der Waals surface area contributed by atoms with Gasteiger partial charge in [0, 0.05) is 10.6 Å². The van der Waals surface area contributed by atoms with Crippen LogP contribution in [0.15, 0.2) is 18.2 Å². The zero-order valence-corrected chi connectivity index (χ0v) is 15.7. The van der Waals surface area contributed by atoms with Crippen molar-refractivity contribution in [2.24, 2.45) is 0 Å². The summed E-state index contributed by atoms with van der Waals surface area (Å²) >= 11 is 5.94. The Balaban J connectivity index is 2.56. The number of benzene rings is 1. The highest BCUT2D eigenvalue weighted by molar-refractivity contribution is 6.31. The summed E-state index contributed by atoms with van der Waals surface area (Å²) in [6.45, 7) is 6.35. The van der Waals surface area contributed by atoms with Gasteiger partial charge >= 0.3 is 0 Å². The van der Waals surface area contributed by atoms with Crippen LogP contribution < -0.4 is 20.3 Å². The van der Waals surface area contributed by atoms with Crippen molar-refractivity contribution in [3.63, 3.8) is 0 Å². The second-order valence-corrected chi connectivity index (χ2v) is 6.93. The Morgan fingerprint density at radius 2 is 1.88 bits per heavy atom. The van der Waals surface area contributed by atoms with Gasteiger partial charge in [-0.3, -0.25) is 9.59 Å². The van der Waals surface area contributed by atoms with Gasteiger partial charge in [0.25, 0.3) is 11.8 Å². The monoisotopic (exact) mass is 356 g/mol. The van der Waals surface area contributed by atoms with Gasteiger partial charge in [0.1, 0.15) is 5.75 Å². The second-order valence-electron chi connectivity index (χ2n) is 6.49. The maximum absolute atomic E-state index is 12.2. The Morgan fingerprint density at radius 1 is 1.25 bits per heavy atom. The van der Waals surface area contributed by atoms with E-state index in [1.165, 1.54) is 7.11 Å². The van der Waals surface area contributed by atoms with Crippen LogP contribution in [-0.4, -0.2) is 44.6 Å². The molecule has 1 aromatic rings. The average molecular weight is 357 g/mol. The van der Waals surface area contributed by atoms with Crippen LogP contribution in [0.4, 0.5) is 5.69 Å². The van der Waals surface area contributed by atoms with Crippen LogP contribution in [0, 0.1) is 0 Å². The maximum Gasteiger partial charge on any atom is 0.279 e. The summed E-state index contributed by atoms with van der Waals surface area (Å²) < 4.78 is 5.19. The largest absolute Gasteiger partial charge is 0.495 e. The zero-order chi connectivity index (χ0) is 18.3. The van der Waals surface area contributed by atoms with Crippen LogP contribution in [0.5, 0.6) is 5.75 Å². The smallest absolute Gasteiger partial charge is 0.279 e. The Morgan fingerprint density at radius 3 is 2.46 bits per heavy atom. The number of hydrogen-bond acceptors (Lipinski definition) is 3. The molecule has 1 aromatic carbocycles. The molecule has 0 saturated carbocycles. The molecule has 0 aliphatic carbocycles. The molecule has 1 unspecified atom stereocenters. The van der Waals surface area contributed by atoms with Gasteiger partial charge in [-0.25, -0.2) is 0 Å². The summed E-state index contributed by atoms with van der Waals surface area (Å²) in [6.07, 6.45) is 0.840. The molecular formula is C17H27ClN3O3+. The topological polar surface area (TPSA) is 71.9 Å². The fourth-order valence-corrected chi connectivity index (χ4v) is 2.27. The van der Waals surface area contributed by atoms with E-state index in [0.717, 1.165) is 11.3 Å².